The van der Waals surface area contributed by atoms with Crippen molar-refractivity contribution in [1.82, 2.24) is 4.31 Å². The number of cyclic esters (lactones) is 1. The van der Waals surface area contributed by atoms with E-state index in [0.717, 1.165) is 28.7 Å². The number of hydrogen-bond acceptors (Lipinski definition) is 4. The molecule has 6 nitrogen and oxygen atoms in total. The second-order valence-corrected chi connectivity index (χ2v) is 11.0. The highest BCUT2D eigenvalue weighted by Crippen LogP contribution is 2.34. The number of nitrogens with zero attached hydrogens (tertiary/aromatic N) is 2. The Kier molecular flexibility index (Phi) is 7.95. The van der Waals surface area contributed by atoms with Gasteiger partial charge in [-0.05, 0) is 44.0 Å². The summed E-state index contributed by atoms with van der Waals surface area (Å²) in [6.07, 6.45) is 1.09. The minimum absolute atomic E-state index is 0.00153. The summed E-state index contributed by atoms with van der Waals surface area (Å²) >= 11 is 6.43. The SMILES string of the molecule is C=C(F)/C(=C\C(F)=C(/C)S(=O)(=O)N1CCC(N2C(=O)OCc3cc(Br)ccc32)CC1)CBr. The third kappa shape index (κ3) is 5.16. The number of anilines is 1. The maximum atomic E-state index is 14.6. The van der Waals surface area contributed by atoms with Crippen LogP contribution >= 0.6 is 31.9 Å². The molecule has 1 fully saturated rings. The molecule has 0 radical (unpaired) electrons. The number of hydrogen-bond donors (Lipinski definition) is 0. The van der Waals surface area contributed by atoms with E-state index in [1.54, 1.807) is 4.90 Å². The fourth-order valence-corrected chi connectivity index (χ4v) is 5.92. The molecule has 0 aliphatic carbocycles. The number of sulfonamides is 1. The zero-order valence-electron chi connectivity index (χ0n) is 17.3. The van der Waals surface area contributed by atoms with Crippen molar-refractivity contribution < 1.29 is 26.7 Å². The molecule has 2 aliphatic rings. The molecule has 0 bridgehead atoms. The third-order valence-corrected chi connectivity index (χ3v) is 8.61. The van der Waals surface area contributed by atoms with Crippen molar-refractivity contribution in [3.63, 3.8) is 0 Å². The van der Waals surface area contributed by atoms with E-state index in [4.69, 9.17) is 4.74 Å². The Morgan fingerprint density at radius 1 is 1.31 bits per heavy atom. The van der Waals surface area contributed by atoms with Crippen LogP contribution in [0.25, 0.3) is 0 Å². The minimum Gasteiger partial charge on any atom is -0.444 e. The molecule has 2 aliphatic heterocycles. The highest BCUT2D eigenvalue weighted by atomic mass is 79.9. The van der Waals surface area contributed by atoms with Crippen LogP contribution in [-0.4, -0.2) is 43.3 Å². The number of alkyl halides is 1. The Labute approximate surface area is 202 Å². The first-order valence-electron chi connectivity index (χ1n) is 9.78. The van der Waals surface area contributed by atoms with Gasteiger partial charge in [-0.25, -0.2) is 22.0 Å². The molecule has 174 valence electrons. The van der Waals surface area contributed by atoms with Gasteiger partial charge >= 0.3 is 6.09 Å². The zero-order valence-corrected chi connectivity index (χ0v) is 21.3. The van der Waals surface area contributed by atoms with Gasteiger partial charge in [0, 0.05) is 40.1 Å². The first-order valence-corrected chi connectivity index (χ1v) is 13.1. The van der Waals surface area contributed by atoms with Gasteiger partial charge in [0.05, 0.1) is 10.6 Å². The number of halogens is 4. The van der Waals surface area contributed by atoms with E-state index in [1.807, 2.05) is 18.2 Å². The molecule has 1 saturated heterocycles. The fraction of sp³-hybridized carbons (Fsp3) is 0.381. The molecule has 0 aromatic heterocycles. The Morgan fingerprint density at radius 2 is 1.97 bits per heavy atom. The number of allylic oxidation sites excluding steroid dienone is 5. The van der Waals surface area contributed by atoms with E-state index in [-0.39, 0.29) is 36.6 Å². The molecule has 1 aromatic carbocycles. The molecule has 32 heavy (non-hydrogen) atoms. The van der Waals surface area contributed by atoms with Crippen molar-refractivity contribution in [3.05, 3.63) is 63.0 Å². The van der Waals surface area contributed by atoms with Crippen LogP contribution in [0.4, 0.5) is 19.3 Å². The van der Waals surface area contributed by atoms with Crippen molar-refractivity contribution in [3.8, 4) is 0 Å². The molecule has 0 atom stereocenters. The number of benzene rings is 1. The van der Waals surface area contributed by atoms with Gasteiger partial charge in [-0.1, -0.05) is 38.4 Å². The predicted molar refractivity (Wildman–Crippen MR) is 126 cm³/mol. The summed E-state index contributed by atoms with van der Waals surface area (Å²) < 4.78 is 61.0. The van der Waals surface area contributed by atoms with Gasteiger partial charge < -0.3 is 4.74 Å². The van der Waals surface area contributed by atoms with Crippen molar-refractivity contribution in [2.75, 3.05) is 23.3 Å². The van der Waals surface area contributed by atoms with E-state index >= 15 is 0 Å². The number of carbonyl (C=O) groups is 1. The van der Waals surface area contributed by atoms with E-state index in [1.165, 1.54) is 4.31 Å². The van der Waals surface area contributed by atoms with E-state index in [0.29, 0.717) is 12.8 Å². The highest BCUT2D eigenvalue weighted by Gasteiger charge is 2.37. The first-order chi connectivity index (χ1) is 15.1. The molecule has 0 spiro atoms. The lowest BCUT2D eigenvalue weighted by Gasteiger charge is -2.39. The number of ether oxygens (including phenoxy) is 1. The lowest BCUT2D eigenvalue weighted by molar-refractivity contribution is 0.136. The van der Waals surface area contributed by atoms with Crippen LogP contribution in [-0.2, 0) is 21.4 Å². The van der Waals surface area contributed by atoms with E-state index < -0.39 is 32.7 Å². The molecule has 0 saturated carbocycles. The summed E-state index contributed by atoms with van der Waals surface area (Å²) in [6, 6.07) is 5.30. The predicted octanol–water partition coefficient (Wildman–Crippen LogP) is 5.71. The lowest BCUT2D eigenvalue weighted by Crippen LogP contribution is -2.50. The molecule has 3 rings (SSSR count). The van der Waals surface area contributed by atoms with Crippen molar-refractivity contribution in [2.45, 2.75) is 32.4 Å². The number of carbonyl (C=O) groups excluding carboxylic acids is 1. The van der Waals surface area contributed by atoms with Gasteiger partial charge in [-0.15, -0.1) is 0 Å². The first kappa shape index (κ1) is 25.1. The Morgan fingerprint density at radius 3 is 2.56 bits per heavy atom. The van der Waals surface area contributed by atoms with Gasteiger partial charge in [-0.2, -0.15) is 4.31 Å². The van der Waals surface area contributed by atoms with Crippen LogP contribution in [0, 0.1) is 0 Å². The Balaban J connectivity index is 1.78. The van der Waals surface area contributed by atoms with Crippen LogP contribution in [0.1, 0.15) is 25.3 Å². The molecule has 11 heteroatoms. The molecular weight excluding hydrogens is 574 g/mol. The van der Waals surface area contributed by atoms with Crippen LogP contribution in [0.3, 0.4) is 0 Å². The normalized spacial score (nSPS) is 19.3. The van der Waals surface area contributed by atoms with E-state index in [2.05, 4.69) is 38.4 Å². The second kappa shape index (κ2) is 10.1. The van der Waals surface area contributed by atoms with Crippen molar-refractivity contribution in [1.29, 1.82) is 0 Å². The monoisotopic (exact) mass is 594 g/mol. The van der Waals surface area contributed by atoms with Crippen molar-refractivity contribution in [2.24, 2.45) is 0 Å². The summed E-state index contributed by atoms with van der Waals surface area (Å²) in [5, 5.41) is -0.00153. The standard InChI is InChI=1S/C21H22Br2F2N2O4S/c1-13(24)15(11-22)10-19(25)14(2)32(29,30)26-7-5-18(6-8-26)27-20-4-3-17(23)9-16(20)12-31-21(27)28/h3-4,9-10,18H,1,5-8,11-12H2,2H3/b15-10-,19-14-. The van der Waals surface area contributed by atoms with Crippen molar-refractivity contribution >= 4 is 53.7 Å². The van der Waals surface area contributed by atoms with Crippen LogP contribution < -0.4 is 4.90 Å². The molecule has 2 heterocycles. The Bertz CT molecular complexity index is 1100. The Hall–Kier alpha value is -1.56. The maximum Gasteiger partial charge on any atom is 0.414 e. The number of rotatable bonds is 6. The molecular formula is C21H22Br2F2N2O4S. The maximum absolute atomic E-state index is 14.6. The minimum atomic E-state index is -4.09. The third-order valence-electron chi connectivity index (χ3n) is 5.49. The largest absolute Gasteiger partial charge is 0.444 e. The summed E-state index contributed by atoms with van der Waals surface area (Å²) in [7, 11) is -4.09. The molecule has 1 aromatic rings. The smallest absolute Gasteiger partial charge is 0.414 e. The molecule has 0 N–H and O–H groups in total. The molecule has 1 amide bonds. The summed E-state index contributed by atoms with van der Waals surface area (Å²) in [5.41, 5.74) is 1.52. The fourth-order valence-electron chi connectivity index (χ4n) is 3.66. The summed E-state index contributed by atoms with van der Waals surface area (Å²) in [6.45, 7) is 4.66. The average Bonchev–Trinajstić information content (AvgIpc) is 2.76. The molecule has 0 unspecified atom stereocenters. The number of fused-ring (bicyclic) bond motifs is 1. The van der Waals surface area contributed by atoms with Crippen LogP contribution in [0.2, 0.25) is 0 Å². The number of amides is 1. The highest BCUT2D eigenvalue weighted by molar-refractivity contribution is 9.10. The van der Waals surface area contributed by atoms with Gasteiger partial charge in [0.1, 0.15) is 18.3 Å². The summed E-state index contributed by atoms with van der Waals surface area (Å²) in [4.78, 5) is 13.5. The van der Waals surface area contributed by atoms with Crippen LogP contribution in [0.5, 0.6) is 0 Å². The van der Waals surface area contributed by atoms with Crippen LogP contribution in [0.15, 0.2) is 57.5 Å². The van der Waals surface area contributed by atoms with Gasteiger partial charge in [0.2, 0.25) is 10.0 Å². The second-order valence-electron chi connectivity index (χ2n) is 7.45. The quantitative estimate of drug-likeness (QED) is 0.312. The van der Waals surface area contributed by atoms with Gasteiger partial charge in [0.25, 0.3) is 0 Å². The van der Waals surface area contributed by atoms with Gasteiger partial charge in [-0.3, -0.25) is 4.90 Å². The zero-order chi connectivity index (χ0) is 23.6. The average molecular weight is 596 g/mol. The lowest BCUT2D eigenvalue weighted by atomic mass is 10.0. The van der Waals surface area contributed by atoms with Gasteiger partial charge in [0.15, 0.2) is 0 Å². The summed E-state index contributed by atoms with van der Waals surface area (Å²) in [5.74, 6) is -1.89. The topological polar surface area (TPSA) is 66.9 Å². The van der Waals surface area contributed by atoms with E-state index in [9.17, 15) is 22.0 Å². The number of piperidine rings is 1.